The molecule has 2 aromatic heterocycles. The van der Waals surface area contributed by atoms with Crippen LogP contribution >= 0.6 is 0 Å². The number of carbonyl (C=O) groups excluding carboxylic acids is 1. The highest BCUT2D eigenvalue weighted by molar-refractivity contribution is 6.05. The van der Waals surface area contributed by atoms with Crippen molar-refractivity contribution < 1.29 is 9.53 Å². The van der Waals surface area contributed by atoms with Gasteiger partial charge >= 0.3 is 0 Å². The predicted octanol–water partition coefficient (Wildman–Crippen LogP) is 4.47. The molecule has 2 heterocycles. The molecule has 1 fully saturated rings. The third kappa shape index (κ3) is 4.09. The fourth-order valence-corrected chi connectivity index (χ4v) is 4.17. The summed E-state index contributed by atoms with van der Waals surface area (Å²) in [4.78, 5) is 20.3. The first-order valence-electron chi connectivity index (χ1n) is 10.2. The molecule has 0 atom stereocenters. The van der Waals surface area contributed by atoms with Crippen LogP contribution in [-0.4, -0.2) is 32.8 Å². The first-order valence-corrected chi connectivity index (χ1v) is 10.2. The highest BCUT2D eigenvalue weighted by atomic mass is 16.5. The van der Waals surface area contributed by atoms with Crippen LogP contribution in [-0.2, 0) is 0 Å². The minimum Gasteiger partial charge on any atom is -0.494 e. The van der Waals surface area contributed by atoms with Crippen LogP contribution in [0.2, 0.25) is 0 Å². The van der Waals surface area contributed by atoms with E-state index >= 15 is 0 Å². The number of carbonyl (C=O) groups is 1. The lowest BCUT2D eigenvalue weighted by Gasteiger charge is -2.30. The Kier molecular flexibility index (Phi) is 5.47. The molecule has 152 valence electrons. The zero-order valence-corrected chi connectivity index (χ0v) is 17.1. The average Bonchev–Trinajstić information content (AvgIpc) is 3.16. The smallest absolute Gasteiger partial charge is 0.258 e. The summed E-state index contributed by atoms with van der Waals surface area (Å²) in [5.74, 6) is 1.87. The van der Waals surface area contributed by atoms with Gasteiger partial charge in [0.05, 0.1) is 29.9 Å². The molecule has 0 unspecified atom stereocenters. The molecule has 0 bridgehead atoms. The molecule has 1 saturated carbocycles. The van der Waals surface area contributed by atoms with E-state index in [4.69, 9.17) is 9.84 Å². The van der Waals surface area contributed by atoms with Gasteiger partial charge in [-0.2, -0.15) is 5.10 Å². The maximum atomic E-state index is 12.5. The molecule has 1 aromatic carbocycles. The van der Waals surface area contributed by atoms with Crippen LogP contribution in [0.5, 0.6) is 5.75 Å². The highest BCUT2D eigenvalue weighted by Crippen LogP contribution is 2.37. The normalized spacial score (nSPS) is 19.4. The van der Waals surface area contributed by atoms with Crippen molar-refractivity contribution in [3.63, 3.8) is 0 Å². The average molecular weight is 393 g/mol. The molecule has 1 amide bonds. The summed E-state index contributed by atoms with van der Waals surface area (Å²) < 4.78 is 7.58. The lowest BCUT2D eigenvalue weighted by atomic mass is 9.80. The van der Waals surface area contributed by atoms with Crippen LogP contribution < -0.4 is 10.1 Å². The fourth-order valence-electron chi connectivity index (χ4n) is 4.17. The fraction of sp³-hybridized carbons (Fsp3) is 0.455. The predicted molar refractivity (Wildman–Crippen MR) is 112 cm³/mol. The molecule has 29 heavy (non-hydrogen) atoms. The Bertz CT molecular complexity index is 991. The Morgan fingerprint density at radius 1 is 1.17 bits per heavy atom. The van der Waals surface area contributed by atoms with Gasteiger partial charge in [0.15, 0.2) is 0 Å². The number of benzene rings is 1. The van der Waals surface area contributed by atoms with E-state index in [-0.39, 0.29) is 5.91 Å². The van der Waals surface area contributed by atoms with Crippen LogP contribution in [0.4, 0.5) is 5.69 Å². The van der Waals surface area contributed by atoms with E-state index in [2.05, 4.69) is 40.0 Å². The van der Waals surface area contributed by atoms with Crippen molar-refractivity contribution in [2.24, 2.45) is 11.8 Å². The van der Waals surface area contributed by atoms with Crippen molar-refractivity contribution in [1.29, 1.82) is 0 Å². The molecule has 0 radical (unpaired) electrons. The van der Waals surface area contributed by atoms with Crippen molar-refractivity contribution in [3.8, 4) is 5.75 Å². The van der Waals surface area contributed by atoms with E-state index in [1.807, 2.05) is 12.1 Å². The maximum absolute atomic E-state index is 12.5. The second kappa shape index (κ2) is 8.19. The number of fused-ring (bicyclic) bond motifs is 1. The lowest BCUT2D eigenvalue weighted by Crippen LogP contribution is -2.21. The molecule has 3 aromatic rings. The maximum Gasteiger partial charge on any atom is 0.258 e. The Morgan fingerprint density at radius 2 is 1.90 bits per heavy atom. The van der Waals surface area contributed by atoms with Gasteiger partial charge in [0.25, 0.3) is 5.91 Å². The number of aromatic nitrogens is 4. The zero-order valence-electron chi connectivity index (χ0n) is 17.1. The van der Waals surface area contributed by atoms with Gasteiger partial charge < -0.3 is 10.1 Å². The second-order valence-corrected chi connectivity index (χ2v) is 8.11. The monoisotopic (exact) mass is 393 g/mol. The van der Waals surface area contributed by atoms with E-state index in [0.29, 0.717) is 23.0 Å². The highest BCUT2D eigenvalue weighted by Gasteiger charge is 2.25. The molecule has 4 rings (SSSR count). The number of ether oxygens (including phenoxy) is 1. The molecule has 7 heteroatoms. The van der Waals surface area contributed by atoms with Gasteiger partial charge in [-0.25, -0.2) is 9.97 Å². The number of hydrogen-bond donors (Lipinski definition) is 1. The van der Waals surface area contributed by atoms with Crippen molar-refractivity contribution in [1.82, 2.24) is 19.7 Å². The number of nitrogens with zero attached hydrogens (tertiary/aromatic N) is 4. The molecule has 0 spiro atoms. The second-order valence-electron chi connectivity index (χ2n) is 8.11. The van der Waals surface area contributed by atoms with Gasteiger partial charge in [-0.1, -0.05) is 13.8 Å². The number of hydrogen-bond acceptors (Lipinski definition) is 5. The molecule has 7 nitrogen and oxygen atoms in total. The third-order valence-corrected chi connectivity index (χ3v) is 5.97. The minimum atomic E-state index is -0.275. The van der Waals surface area contributed by atoms with Gasteiger partial charge in [-0.15, -0.1) is 0 Å². The molecule has 1 aliphatic rings. The Labute approximate surface area is 170 Å². The van der Waals surface area contributed by atoms with E-state index in [9.17, 15) is 4.79 Å². The molecule has 0 saturated heterocycles. The van der Waals surface area contributed by atoms with Gasteiger partial charge in [-0.05, 0) is 43.6 Å². The van der Waals surface area contributed by atoms with Crippen LogP contribution in [0.3, 0.4) is 0 Å². The number of rotatable bonds is 5. The Hall–Kier alpha value is -2.96. The summed E-state index contributed by atoms with van der Waals surface area (Å²) in [6.45, 7) is 4.63. The van der Waals surface area contributed by atoms with Crippen LogP contribution in [0, 0.1) is 11.8 Å². The topological polar surface area (TPSA) is 81.9 Å². The Morgan fingerprint density at radius 3 is 2.55 bits per heavy atom. The van der Waals surface area contributed by atoms with E-state index in [1.54, 1.807) is 7.11 Å². The number of methoxy groups -OCH3 is 1. The third-order valence-electron chi connectivity index (χ3n) is 5.97. The van der Waals surface area contributed by atoms with Crippen LogP contribution in [0.1, 0.15) is 55.9 Å². The van der Waals surface area contributed by atoms with E-state index < -0.39 is 0 Å². The first kappa shape index (κ1) is 19.4. The van der Waals surface area contributed by atoms with E-state index in [1.165, 1.54) is 31.6 Å². The summed E-state index contributed by atoms with van der Waals surface area (Å²) in [7, 11) is 1.59. The molecule has 1 N–H and O–H groups in total. The van der Waals surface area contributed by atoms with Crippen LogP contribution in [0.15, 0.2) is 37.1 Å². The van der Waals surface area contributed by atoms with Gasteiger partial charge in [0.1, 0.15) is 12.1 Å². The minimum absolute atomic E-state index is 0.275. The summed E-state index contributed by atoms with van der Waals surface area (Å²) in [6.07, 6.45) is 11.3. The Balaban J connectivity index is 1.57. The summed E-state index contributed by atoms with van der Waals surface area (Å²) in [6, 6.07) is 4.23. The molecular weight excluding hydrogens is 366 g/mol. The van der Waals surface area contributed by atoms with Gasteiger partial charge in [-0.3, -0.25) is 9.48 Å². The van der Waals surface area contributed by atoms with E-state index in [0.717, 1.165) is 35.6 Å². The van der Waals surface area contributed by atoms with Crippen molar-refractivity contribution in [3.05, 3.63) is 42.6 Å². The SMILES string of the molecule is COc1cc2nn([C@H]3CC[C@H](C(C)C)CC3)cc2cc1NC(=O)c1cncnc1. The van der Waals surface area contributed by atoms with Crippen molar-refractivity contribution in [2.45, 2.75) is 45.6 Å². The van der Waals surface area contributed by atoms with Gasteiger partial charge in [0.2, 0.25) is 0 Å². The standard InChI is InChI=1S/C22H27N5O2/c1-14(2)15-4-6-18(7-5-15)27-12-16-8-20(21(29-3)9-19(16)26-27)25-22(28)17-10-23-13-24-11-17/h8-15,18H,4-7H2,1-3H3,(H,25,28)/t15-,18-. The van der Waals surface area contributed by atoms with Crippen molar-refractivity contribution in [2.75, 3.05) is 12.4 Å². The summed E-state index contributed by atoms with van der Waals surface area (Å²) >= 11 is 0. The summed E-state index contributed by atoms with van der Waals surface area (Å²) in [5, 5.41) is 8.68. The number of anilines is 1. The van der Waals surface area contributed by atoms with Crippen molar-refractivity contribution >= 4 is 22.5 Å². The largest absolute Gasteiger partial charge is 0.494 e. The van der Waals surface area contributed by atoms with Crippen LogP contribution in [0.25, 0.3) is 10.9 Å². The quantitative estimate of drug-likeness (QED) is 0.691. The molecule has 0 aliphatic heterocycles. The number of amides is 1. The van der Waals surface area contributed by atoms with Gasteiger partial charge in [0, 0.05) is 30.0 Å². The number of nitrogens with one attached hydrogen (secondary N) is 1. The summed E-state index contributed by atoms with van der Waals surface area (Å²) in [5.41, 5.74) is 1.87. The lowest BCUT2D eigenvalue weighted by molar-refractivity contribution is 0.102. The first-order chi connectivity index (χ1) is 14.0. The molecular formula is C22H27N5O2. The molecule has 1 aliphatic carbocycles. The zero-order chi connectivity index (χ0) is 20.4.